The number of carbonyl (C=O) groups is 1. The van der Waals surface area contributed by atoms with Gasteiger partial charge in [-0.25, -0.2) is 0 Å². The van der Waals surface area contributed by atoms with Crippen LogP contribution < -0.4 is 0 Å². The molecule has 0 aromatic heterocycles. The average molecular weight is 445 g/mol. The first-order chi connectivity index (χ1) is 14.2. The lowest BCUT2D eigenvalue weighted by Crippen LogP contribution is -2.40. The third-order valence-corrected chi connectivity index (χ3v) is 8.25. The largest absolute Gasteiger partial charge is 0.547 e. The summed E-state index contributed by atoms with van der Waals surface area (Å²) in [4.78, 5) is 12.7. The minimum atomic E-state index is -1.67. The summed E-state index contributed by atoms with van der Waals surface area (Å²) in [5.74, 6) is 1.55. The van der Waals surface area contributed by atoms with Crippen molar-refractivity contribution in [3.63, 3.8) is 0 Å². The fraction of sp³-hybridized carbons (Fsp3) is 0.741. The monoisotopic (exact) mass is 444 g/mol. The van der Waals surface area contributed by atoms with Crippen LogP contribution >= 0.6 is 0 Å². The van der Waals surface area contributed by atoms with Crippen molar-refractivity contribution in [3.05, 3.63) is 34.6 Å². The van der Waals surface area contributed by atoms with Gasteiger partial charge in [0.25, 0.3) is 0 Å². The van der Waals surface area contributed by atoms with Gasteiger partial charge in [0.2, 0.25) is 8.32 Å². The first kappa shape index (κ1) is 24.4. The van der Waals surface area contributed by atoms with E-state index < -0.39 is 13.7 Å². The van der Waals surface area contributed by atoms with Gasteiger partial charge in [-0.2, -0.15) is 0 Å². The molecule has 4 heteroatoms. The van der Waals surface area contributed by atoms with Crippen LogP contribution in [0.4, 0.5) is 0 Å². The van der Waals surface area contributed by atoms with E-state index in [1.165, 1.54) is 24.8 Å². The smallest absolute Gasteiger partial charge is 0.311 e. The zero-order chi connectivity index (χ0) is 23.2. The number of hydrogen-bond acceptors (Lipinski definition) is 3. The van der Waals surface area contributed by atoms with Crippen molar-refractivity contribution in [2.75, 3.05) is 6.61 Å². The maximum Gasteiger partial charge on any atom is 0.311 e. The van der Waals surface area contributed by atoms with Gasteiger partial charge in [0.05, 0.1) is 11.2 Å². The zero-order valence-electron chi connectivity index (χ0n) is 21.4. The molecule has 0 heterocycles. The molecule has 0 saturated heterocycles. The van der Waals surface area contributed by atoms with E-state index in [1.54, 1.807) is 11.1 Å². The highest BCUT2D eigenvalue weighted by atomic mass is 28.4. The van der Waals surface area contributed by atoms with Crippen LogP contribution in [-0.2, 0) is 14.0 Å². The van der Waals surface area contributed by atoms with Crippen molar-refractivity contribution in [1.82, 2.24) is 0 Å². The summed E-state index contributed by atoms with van der Waals surface area (Å²) < 4.78 is 12.4. The molecule has 0 aromatic carbocycles. The van der Waals surface area contributed by atoms with Crippen molar-refractivity contribution in [2.24, 2.45) is 22.2 Å². The van der Waals surface area contributed by atoms with E-state index in [4.69, 9.17) is 9.16 Å². The zero-order valence-corrected chi connectivity index (χ0v) is 22.4. The van der Waals surface area contributed by atoms with Crippen LogP contribution in [0, 0.1) is 22.2 Å². The summed E-state index contributed by atoms with van der Waals surface area (Å²) in [5, 5.41) is 0. The second-order valence-electron chi connectivity index (χ2n) is 12.6. The average Bonchev–Trinajstić information content (AvgIpc) is 2.89. The molecule has 1 saturated carbocycles. The molecular weight excluding hydrogens is 400 g/mol. The Morgan fingerprint density at radius 3 is 2.32 bits per heavy atom. The highest BCUT2D eigenvalue weighted by molar-refractivity contribution is 6.70. The third kappa shape index (κ3) is 5.04. The Labute approximate surface area is 191 Å². The quantitative estimate of drug-likeness (QED) is 0.324. The van der Waals surface area contributed by atoms with Gasteiger partial charge in [0.1, 0.15) is 6.61 Å². The first-order valence-corrected chi connectivity index (χ1v) is 15.6. The minimum Gasteiger partial charge on any atom is -0.547 e. The van der Waals surface area contributed by atoms with E-state index in [-0.39, 0.29) is 16.8 Å². The SMILES string of the molecule is CC(C)C1=C2C3=CC=C(O[Si](C)(C)C)CC[C@]3(COC(=O)C(C)(C)C)CC[C@@]2(C)CC1. The summed E-state index contributed by atoms with van der Waals surface area (Å²) in [5.41, 5.74) is 4.28. The van der Waals surface area contributed by atoms with Crippen LogP contribution in [0.2, 0.25) is 19.6 Å². The lowest BCUT2D eigenvalue weighted by Gasteiger charge is -2.47. The molecule has 0 unspecified atom stereocenters. The standard InChI is InChI=1S/C27H44O3Si/c1-19(2)21-13-14-26(6)16-17-27(18-29-24(28)25(3,4)5)15-12-20(30-31(7,8)9)10-11-22(27)23(21)26/h10-11,19H,12-18H2,1-9H3/t26-,27-/m1/s1. The van der Waals surface area contributed by atoms with Crippen molar-refractivity contribution in [3.8, 4) is 0 Å². The molecule has 3 aliphatic rings. The van der Waals surface area contributed by atoms with Crippen LogP contribution in [0.5, 0.6) is 0 Å². The highest BCUT2D eigenvalue weighted by Gasteiger charge is 2.51. The molecule has 31 heavy (non-hydrogen) atoms. The van der Waals surface area contributed by atoms with Gasteiger partial charge < -0.3 is 9.16 Å². The predicted octanol–water partition coefficient (Wildman–Crippen LogP) is 7.56. The predicted molar refractivity (Wildman–Crippen MR) is 131 cm³/mol. The summed E-state index contributed by atoms with van der Waals surface area (Å²) in [7, 11) is -1.67. The molecule has 0 spiro atoms. The Kier molecular flexibility index (Phi) is 6.47. The van der Waals surface area contributed by atoms with E-state index in [0.29, 0.717) is 12.5 Å². The molecule has 1 fully saturated rings. The van der Waals surface area contributed by atoms with Crippen LogP contribution in [0.15, 0.2) is 34.6 Å². The van der Waals surface area contributed by atoms with Crippen molar-refractivity contribution < 1.29 is 14.0 Å². The summed E-state index contributed by atoms with van der Waals surface area (Å²) in [6, 6.07) is 0. The topological polar surface area (TPSA) is 35.5 Å². The molecule has 0 amide bonds. The van der Waals surface area contributed by atoms with Gasteiger partial charge in [0, 0.05) is 11.8 Å². The van der Waals surface area contributed by atoms with Crippen molar-refractivity contribution in [2.45, 2.75) is 99.7 Å². The number of ether oxygens (including phenoxy) is 1. The van der Waals surface area contributed by atoms with E-state index in [2.05, 4.69) is 52.6 Å². The Morgan fingerprint density at radius 1 is 1.06 bits per heavy atom. The lowest BCUT2D eigenvalue weighted by molar-refractivity contribution is -0.156. The van der Waals surface area contributed by atoms with Gasteiger partial charge in [0.15, 0.2) is 0 Å². The van der Waals surface area contributed by atoms with Crippen LogP contribution in [0.1, 0.15) is 80.1 Å². The molecule has 3 aliphatic carbocycles. The summed E-state index contributed by atoms with van der Waals surface area (Å²) >= 11 is 0. The van der Waals surface area contributed by atoms with Gasteiger partial charge >= 0.3 is 5.97 Å². The second kappa shape index (κ2) is 8.24. The van der Waals surface area contributed by atoms with Crippen molar-refractivity contribution in [1.29, 1.82) is 0 Å². The van der Waals surface area contributed by atoms with Gasteiger partial charge in [-0.05, 0) is 101 Å². The number of allylic oxidation sites excluding steroid dienone is 5. The minimum absolute atomic E-state index is 0.102. The molecule has 0 bridgehead atoms. The van der Waals surface area contributed by atoms with E-state index in [0.717, 1.165) is 25.0 Å². The molecule has 174 valence electrons. The Balaban J connectivity index is 2.04. The maximum absolute atomic E-state index is 12.7. The van der Waals surface area contributed by atoms with Crippen molar-refractivity contribution >= 4 is 14.3 Å². The van der Waals surface area contributed by atoms with Crippen LogP contribution in [0.3, 0.4) is 0 Å². The van der Waals surface area contributed by atoms with E-state index in [9.17, 15) is 4.79 Å². The molecule has 0 radical (unpaired) electrons. The maximum atomic E-state index is 12.7. The number of esters is 1. The molecule has 3 rings (SSSR count). The molecule has 3 nitrogen and oxygen atoms in total. The Hall–Kier alpha value is -1.29. The lowest BCUT2D eigenvalue weighted by atomic mass is 9.58. The van der Waals surface area contributed by atoms with E-state index >= 15 is 0 Å². The third-order valence-electron chi connectivity index (χ3n) is 7.38. The normalized spacial score (nSPS) is 29.1. The molecule has 0 aliphatic heterocycles. The molecular formula is C27H44O3Si. The summed E-state index contributed by atoms with van der Waals surface area (Å²) in [6.07, 6.45) is 11.2. The number of carbonyl (C=O) groups excluding carboxylic acids is 1. The Bertz CT molecular complexity index is 818. The van der Waals surface area contributed by atoms with Gasteiger partial charge in [-0.3, -0.25) is 4.79 Å². The first-order valence-electron chi connectivity index (χ1n) is 12.2. The molecule has 0 N–H and O–H groups in total. The second-order valence-corrected chi connectivity index (χ2v) is 17.1. The number of rotatable bonds is 5. The van der Waals surface area contributed by atoms with Crippen LogP contribution in [-0.4, -0.2) is 20.9 Å². The van der Waals surface area contributed by atoms with Crippen LogP contribution in [0.25, 0.3) is 0 Å². The molecule has 0 aromatic rings. The highest BCUT2D eigenvalue weighted by Crippen LogP contribution is 2.62. The number of hydrogen-bond donors (Lipinski definition) is 0. The fourth-order valence-electron chi connectivity index (χ4n) is 5.55. The Morgan fingerprint density at radius 2 is 1.74 bits per heavy atom. The van der Waals surface area contributed by atoms with Gasteiger partial charge in [-0.1, -0.05) is 32.4 Å². The fourth-order valence-corrected chi connectivity index (χ4v) is 6.51. The summed E-state index contributed by atoms with van der Waals surface area (Å²) in [6.45, 7) is 20.1. The van der Waals surface area contributed by atoms with Gasteiger partial charge in [-0.15, -0.1) is 0 Å². The van der Waals surface area contributed by atoms with E-state index in [1.807, 2.05) is 20.8 Å². The number of fused-ring (bicyclic) bond motifs is 3. The molecule has 2 atom stereocenters.